The van der Waals surface area contributed by atoms with Crippen molar-refractivity contribution in [1.29, 1.82) is 0 Å². The molecular formula is C21H23BFNO6. The standard InChI is InChI=1S/C21H23BFNO6/c1-12-16(9-6-14-11-30-22(28)17(12)14)19(25)24-18(21(2,3)27)20(26)29-10-13-4-7-15(23)8-5-13/h4-9,18,27-28H,10-11H2,1-3H3,(H,24,25). The Bertz CT molecular complexity index is 957. The second-order valence-electron chi connectivity index (χ2n) is 7.77. The number of hydrogen-bond donors (Lipinski definition) is 3. The quantitative estimate of drug-likeness (QED) is 0.480. The molecule has 30 heavy (non-hydrogen) atoms. The molecule has 1 heterocycles. The number of halogens is 1. The number of aliphatic hydroxyl groups is 1. The summed E-state index contributed by atoms with van der Waals surface area (Å²) in [5.41, 5.74) is 1.05. The zero-order chi connectivity index (χ0) is 22.1. The number of fused-ring (bicyclic) bond motifs is 1. The van der Waals surface area contributed by atoms with Crippen LogP contribution in [0.2, 0.25) is 0 Å². The zero-order valence-corrected chi connectivity index (χ0v) is 16.9. The van der Waals surface area contributed by atoms with Gasteiger partial charge in [0.25, 0.3) is 5.91 Å². The number of ether oxygens (including phenoxy) is 1. The first kappa shape index (κ1) is 22.0. The number of rotatable bonds is 6. The van der Waals surface area contributed by atoms with Crippen molar-refractivity contribution in [3.05, 3.63) is 64.5 Å². The van der Waals surface area contributed by atoms with Crippen molar-refractivity contribution >= 4 is 24.5 Å². The Morgan fingerprint density at radius 3 is 2.57 bits per heavy atom. The van der Waals surface area contributed by atoms with Gasteiger partial charge >= 0.3 is 13.1 Å². The number of carbonyl (C=O) groups is 2. The van der Waals surface area contributed by atoms with Crippen LogP contribution in [-0.2, 0) is 27.4 Å². The van der Waals surface area contributed by atoms with Crippen LogP contribution in [0.1, 0.15) is 40.9 Å². The van der Waals surface area contributed by atoms with Gasteiger partial charge in [-0.05, 0) is 61.1 Å². The normalized spacial score (nSPS) is 14.3. The molecule has 1 amide bonds. The van der Waals surface area contributed by atoms with E-state index in [0.29, 0.717) is 16.6 Å². The molecular weight excluding hydrogens is 392 g/mol. The third kappa shape index (κ3) is 4.69. The fraction of sp³-hybridized carbons (Fsp3) is 0.333. The SMILES string of the molecule is Cc1c(C(=O)NC(C(=O)OCc2ccc(F)cc2)C(C)(C)O)ccc2c1B(O)OC2. The monoisotopic (exact) mass is 415 g/mol. The first-order valence-corrected chi connectivity index (χ1v) is 9.44. The van der Waals surface area contributed by atoms with Crippen molar-refractivity contribution in [2.24, 2.45) is 0 Å². The van der Waals surface area contributed by atoms with Crippen LogP contribution in [0.5, 0.6) is 0 Å². The average molecular weight is 415 g/mol. The Morgan fingerprint density at radius 2 is 1.93 bits per heavy atom. The van der Waals surface area contributed by atoms with Crippen LogP contribution in [0, 0.1) is 12.7 Å². The number of hydrogen-bond acceptors (Lipinski definition) is 6. The lowest BCUT2D eigenvalue weighted by Gasteiger charge is -2.28. The predicted octanol–water partition coefficient (Wildman–Crippen LogP) is 0.965. The molecule has 0 radical (unpaired) electrons. The van der Waals surface area contributed by atoms with Gasteiger partial charge in [0.05, 0.1) is 12.2 Å². The Kier molecular flexibility index (Phi) is 6.26. The molecule has 0 fully saturated rings. The van der Waals surface area contributed by atoms with Gasteiger partial charge in [0, 0.05) is 5.56 Å². The molecule has 0 aromatic heterocycles. The molecule has 0 aliphatic carbocycles. The molecule has 1 unspecified atom stereocenters. The van der Waals surface area contributed by atoms with E-state index in [1.165, 1.54) is 38.1 Å². The van der Waals surface area contributed by atoms with Crippen LogP contribution in [0.4, 0.5) is 4.39 Å². The van der Waals surface area contributed by atoms with Gasteiger partial charge in [0.2, 0.25) is 0 Å². The summed E-state index contributed by atoms with van der Waals surface area (Å²) in [5, 5.41) is 22.9. The lowest BCUT2D eigenvalue weighted by atomic mass is 9.75. The predicted molar refractivity (Wildman–Crippen MR) is 107 cm³/mol. The van der Waals surface area contributed by atoms with Gasteiger partial charge in [0.15, 0.2) is 6.04 Å². The summed E-state index contributed by atoms with van der Waals surface area (Å²) < 4.78 is 23.4. The van der Waals surface area contributed by atoms with E-state index in [1.807, 2.05) is 0 Å². The van der Waals surface area contributed by atoms with Gasteiger partial charge in [0.1, 0.15) is 12.4 Å². The van der Waals surface area contributed by atoms with Gasteiger partial charge in [-0.15, -0.1) is 0 Å². The van der Waals surface area contributed by atoms with Crippen molar-refractivity contribution in [3.63, 3.8) is 0 Å². The van der Waals surface area contributed by atoms with E-state index in [4.69, 9.17) is 9.39 Å². The third-order valence-corrected chi connectivity index (χ3v) is 5.01. The smallest absolute Gasteiger partial charge is 0.459 e. The summed E-state index contributed by atoms with van der Waals surface area (Å²) in [5.74, 6) is -1.84. The van der Waals surface area contributed by atoms with Gasteiger partial charge in [-0.25, -0.2) is 9.18 Å². The molecule has 1 aliphatic heterocycles. The van der Waals surface area contributed by atoms with Gasteiger partial charge < -0.3 is 24.8 Å². The molecule has 9 heteroatoms. The third-order valence-electron chi connectivity index (χ3n) is 5.01. The van der Waals surface area contributed by atoms with E-state index in [2.05, 4.69) is 5.32 Å². The maximum atomic E-state index is 13.0. The van der Waals surface area contributed by atoms with Crippen LogP contribution in [-0.4, -0.2) is 40.8 Å². The van der Waals surface area contributed by atoms with Crippen LogP contribution < -0.4 is 10.8 Å². The molecule has 0 saturated heterocycles. The molecule has 0 saturated carbocycles. The van der Waals surface area contributed by atoms with E-state index in [0.717, 1.165) is 5.56 Å². The van der Waals surface area contributed by atoms with Crippen LogP contribution >= 0.6 is 0 Å². The Hall–Kier alpha value is -2.75. The van der Waals surface area contributed by atoms with Crippen molar-refractivity contribution in [3.8, 4) is 0 Å². The molecule has 1 aliphatic rings. The van der Waals surface area contributed by atoms with Crippen molar-refractivity contribution < 1.29 is 33.5 Å². The molecule has 0 spiro atoms. The Labute approximate surface area is 174 Å². The number of benzene rings is 2. The molecule has 7 nitrogen and oxygen atoms in total. The molecule has 1 atom stereocenters. The summed E-state index contributed by atoms with van der Waals surface area (Å²) in [6.07, 6.45) is 0. The number of amides is 1. The second kappa shape index (κ2) is 8.55. The van der Waals surface area contributed by atoms with E-state index < -0.39 is 36.5 Å². The maximum Gasteiger partial charge on any atom is 0.492 e. The Morgan fingerprint density at radius 1 is 1.27 bits per heavy atom. The summed E-state index contributed by atoms with van der Waals surface area (Å²) in [7, 11) is -1.11. The summed E-state index contributed by atoms with van der Waals surface area (Å²) >= 11 is 0. The highest BCUT2D eigenvalue weighted by molar-refractivity contribution is 6.62. The summed E-state index contributed by atoms with van der Waals surface area (Å²) in [4.78, 5) is 25.4. The first-order chi connectivity index (χ1) is 14.1. The largest absolute Gasteiger partial charge is 0.492 e. The summed E-state index contributed by atoms with van der Waals surface area (Å²) in [6.45, 7) is 4.55. The van der Waals surface area contributed by atoms with E-state index in [-0.39, 0.29) is 18.8 Å². The molecule has 2 aromatic carbocycles. The fourth-order valence-electron chi connectivity index (χ4n) is 3.30. The molecule has 3 rings (SSSR count). The lowest BCUT2D eigenvalue weighted by Crippen LogP contribution is -2.55. The maximum absolute atomic E-state index is 13.0. The van der Waals surface area contributed by atoms with E-state index >= 15 is 0 Å². The fourth-order valence-corrected chi connectivity index (χ4v) is 3.30. The average Bonchev–Trinajstić information content (AvgIpc) is 3.06. The molecule has 3 N–H and O–H groups in total. The summed E-state index contributed by atoms with van der Waals surface area (Å²) in [6, 6.07) is 7.35. The first-order valence-electron chi connectivity index (χ1n) is 9.44. The van der Waals surface area contributed by atoms with Crippen LogP contribution in [0.3, 0.4) is 0 Å². The van der Waals surface area contributed by atoms with Gasteiger partial charge in [-0.1, -0.05) is 18.2 Å². The van der Waals surface area contributed by atoms with E-state index in [9.17, 15) is 24.1 Å². The minimum Gasteiger partial charge on any atom is -0.459 e. The van der Waals surface area contributed by atoms with E-state index in [1.54, 1.807) is 19.1 Å². The highest BCUT2D eigenvalue weighted by Crippen LogP contribution is 2.18. The van der Waals surface area contributed by atoms with Gasteiger partial charge in [-0.2, -0.15) is 0 Å². The zero-order valence-electron chi connectivity index (χ0n) is 16.9. The van der Waals surface area contributed by atoms with Crippen LogP contribution in [0.15, 0.2) is 36.4 Å². The van der Waals surface area contributed by atoms with Gasteiger partial charge in [-0.3, -0.25) is 4.79 Å². The van der Waals surface area contributed by atoms with Crippen molar-refractivity contribution in [1.82, 2.24) is 5.32 Å². The number of esters is 1. The van der Waals surface area contributed by atoms with Crippen molar-refractivity contribution in [2.45, 2.75) is 45.6 Å². The lowest BCUT2D eigenvalue weighted by molar-refractivity contribution is -0.153. The minimum absolute atomic E-state index is 0.136. The Balaban J connectivity index is 1.75. The molecule has 2 aromatic rings. The molecule has 158 valence electrons. The topological polar surface area (TPSA) is 105 Å². The minimum atomic E-state index is -1.61. The highest BCUT2D eigenvalue weighted by Gasteiger charge is 2.37. The van der Waals surface area contributed by atoms with Crippen molar-refractivity contribution in [2.75, 3.05) is 0 Å². The highest BCUT2D eigenvalue weighted by atomic mass is 19.1. The number of nitrogens with one attached hydrogen (secondary N) is 1. The second-order valence-corrected chi connectivity index (χ2v) is 7.77. The molecule has 0 bridgehead atoms. The number of carbonyl (C=O) groups excluding carboxylic acids is 2. The van der Waals surface area contributed by atoms with Crippen LogP contribution in [0.25, 0.3) is 0 Å².